The van der Waals surface area contributed by atoms with Gasteiger partial charge in [-0.1, -0.05) is 263 Å². The summed E-state index contributed by atoms with van der Waals surface area (Å²) < 4.78 is 16.9. The molecule has 0 aromatic heterocycles. The zero-order valence-corrected chi connectivity index (χ0v) is 45.2. The standard InChI is InChI=1S/C61H114O6/c1-4-7-10-13-16-19-22-25-27-29-30-32-33-36-39-42-45-48-51-54-60(63)66-57-58(56-65-59(62)53-50-47-44-41-38-35-24-21-18-15-12-9-6-3)67-61(64)55-52-49-46-43-40-37-34-31-28-26-23-20-17-14-11-8-5-2/h21,24-25,27,58H,4-20,22-23,26,28-57H2,1-3H3/b24-21-,27-25-/t58-/m0/s1. The zero-order valence-electron chi connectivity index (χ0n) is 45.2. The third-order valence-electron chi connectivity index (χ3n) is 13.4. The first-order chi connectivity index (χ1) is 33.0. The van der Waals surface area contributed by atoms with E-state index in [1.165, 1.54) is 225 Å². The van der Waals surface area contributed by atoms with Crippen molar-refractivity contribution in [2.45, 2.75) is 335 Å². The quantitative estimate of drug-likeness (QED) is 0.0262. The molecule has 67 heavy (non-hydrogen) atoms. The van der Waals surface area contributed by atoms with Crippen LogP contribution in [0.4, 0.5) is 0 Å². The van der Waals surface area contributed by atoms with E-state index in [0.717, 1.165) is 64.2 Å². The lowest BCUT2D eigenvalue weighted by atomic mass is 10.0. The lowest BCUT2D eigenvalue weighted by Gasteiger charge is -2.18. The summed E-state index contributed by atoms with van der Waals surface area (Å²) in [7, 11) is 0. The van der Waals surface area contributed by atoms with Gasteiger partial charge in [-0.3, -0.25) is 14.4 Å². The van der Waals surface area contributed by atoms with Crippen LogP contribution in [-0.2, 0) is 28.6 Å². The summed E-state index contributed by atoms with van der Waals surface area (Å²) in [5.41, 5.74) is 0. The molecule has 0 unspecified atom stereocenters. The molecule has 1 atom stereocenters. The number of allylic oxidation sites excluding steroid dienone is 4. The Morgan fingerprint density at radius 2 is 0.493 bits per heavy atom. The third kappa shape index (κ3) is 54.7. The van der Waals surface area contributed by atoms with E-state index in [2.05, 4.69) is 45.1 Å². The molecule has 6 nitrogen and oxygen atoms in total. The molecule has 0 aromatic rings. The Kier molecular flexibility index (Phi) is 54.7. The van der Waals surface area contributed by atoms with E-state index in [1.807, 2.05) is 0 Å². The average molecular weight is 944 g/mol. The van der Waals surface area contributed by atoms with Crippen molar-refractivity contribution in [1.82, 2.24) is 0 Å². The van der Waals surface area contributed by atoms with Gasteiger partial charge >= 0.3 is 17.9 Å². The minimum Gasteiger partial charge on any atom is -0.462 e. The van der Waals surface area contributed by atoms with Crippen molar-refractivity contribution in [2.75, 3.05) is 13.2 Å². The second-order valence-corrected chi connectivity index (χ2v) is 20.3. The summed E-state index contributed by atoms with van der Waals surface area (Å²) in [5.74, 6) is -0.859. The molecule has 0 aromatic carbocycles. The molecular weight excluding hydrogens is 829 g/mol. The molecule has 0 aliphatic rings. The highest BCUT2D eigenvalue weighted by Gasteiger charge is 2.19. The molecule has 0 heterocycles. The fourth-order valence-corrected chi connectivity index (χ4v) is 8.91. The van der Waals surface area contributed by atoms with Gasteiger partial charge in [0.1, 0.15) is 13.2 Å². The molecule has 0 spiro atoms. The summed E-state index contributed by atoms with van der Waals surface area (Å²) in [6, 6.07) is 0. The molecule has 0 radical (unpaired) electrons. The highest BCUT2D eigenvalue weighted by molar-refractivity contribution is 5.71. The molecule has 0 rings (SSSR count). The summed E-state index contributed by atoms with van der Waals surface area (Å²) in [5, 5.41) is 0. The molecule has 394 valence electrons. The van der Waals surface area contributed by atoms with Crippen LogP contribution in [0, 0.1) is 0 Å². The second-order valence-electron chi connectivity index (χ2n) is 20.3. The Bertz CT molecular complexity index is 1080. The number of hydrogen-bond acceptors (Lipinski definition) is 6. The van der Waals surface area contributed by atoms with Gasteiger partial charge in [-0.25, -0.2) is 0 Å². The van der Waals surface area contributed by atoms with Gasteiger partial charge in [-0.05, 0) is 70.6 Å². The maximum Gasteiger partial charge on any atom is 0.306 e. The van der Waals surface area contributed by atoms with Gasteiger partial charge in [0.15, 0.2) is 6.10 Å². The maximum atomic E-state index is 12.9. The van der Waals surface area contributed by atoms with Crippen molar-refractivity contribution in [1.29, 1.82) is 0 Å². The SMILES string of the molecule is CCCCCC/C=C\CCCCCCCC(=O)OC[C@@H](COC(=O)CCCCCCCCCCC/C=C\CCCCCCCC)OC(=O)CCCCCCCCCCCCCCCCCCC. The first kappa shape index (κ1) is 64.9. The Labute approximate surface area is 417 Å². The van der Waals surface area contributed by atoms with Crippen LogP contribution in [0.3, 0.4) is 0 Å². The van der Waals surface area contributed by atoms with Crippen LogP contribution in [0.25, 0.3) is 0 Å². The highest BCUT2D eigenvalue weighted by Crippen LogP contribution is 2.17. The number of hydrogen-bond donors (Lipinski definition) is 0. The van der Waals surface area contributed by atoms with E-state index in [1.54, 1.807) is 0 Å². The van der Waals surface area contributed by atoms with Gasteiger partial charge in [0.25, 0.3) is 0 Å². The molecule has 0 N–H and O–H groups in total. The molecule has 0 amide bonds. The zero-order chi connectivity index (χ0) is 48.6. The Morgan fingerprint density at radius 1 is 0.284 bits per heavy atom. The summed E-state index contributed by atoms with van der Waals surface area (Å²) in [4.78, 5) is 38.2. The van der Waals surface area contributed by atoms with Crippen LogP contribution in [0.5, 0.6) is 0 Å². The number of ether oxygens (including phenoxy) is 3. The minimum atomic E-state index is -0.771. The fourth-order valence-electron chi connectivity index (χ4n) is 8.91. The van der Waals surface area contributed by atoms with Crippen LogP contribution >= 0.6 is 0 Å². The number of carbonyl (C=O) groups excluding carboxylic acids is 3. The van der Waals surface area contributed by atoms with E-state index in [-0.39, 0.29) is 31.1 Å². The minimum absolute atomic E-state index is 0.0704. The molecule has 0 saturated heterocycles. The summed E-state index contributed by atoms with van der Waals surface area (Å²) >= 11 is 0. The molecule has 0 aliphatic heterocycles. The van der Waals surface area contributed by atoms with Gasteiger partial charge in [0.2, 0.25) is 0 Å². The van der Waals surface area contributed by atoms with E-state index >= 15 is 0 Å². The topological polar surface area (TPSA) is 78.9 Å². The van der Waals surface area contributed by atoms with E-state index in [0.29, 0.717) is 19.3 Å². The maximum absolute atomic E-state index is 12.9. The van der Waals surface area contributed by atoms with Crippen LogP contribution in [0.1, 0.15) is 329 Å². The van der Waals surface area contributed by atoms with Crippen LogP contribution < -0.4 is 0 Å². The lowest BCUT2D eigenvalue weighted by molar-refractivity contribution is -0.167. The highest BCUT2D eigenvalue weighted by atomic mass is 16.6. The third-order valence-corrected chi connectivity index (χ3v) is 13.4. The number of unbranched alkanes of at least 4 members (excludes halogenated alkanes) is 40. The number of rotatable bonds is 55. The van der Waals surface area contributed by atoms with E-state index in [9.17, 15) is 14.4 Å². The first-order valence-corrected chi connectivity index (χ1v) is 29.8. The van der Waals surface area contributed by atoms with Crippen molar-refractivity contribution in [3.05, 3.63) is 24.3 Å². The first-order valence-electron chi connectivity index (χ1n) is 29.8. The van der Waals surface area contributed by atoms with Crippen molar-refractivity contribution in [3.63, 3.8) is 0 Å². The Balaban J connectivity index is 4.31. The predicted molar refractivity (Wildman–Crippen MR) is 289 cm³/mol. The predicted octanol–water partition coefficient (Wildman–Crippen LogP) is 19.9. The molecule has 0 aliphatic carbocycles. The lowest BCUT2D eigenvalue weighted by Crippen LogP contribution is -2.30. The van der Waals surface area contributed by atoms with Gasteiger partial charge in [-0.2, -0.15) is 0 Å². The Morgan fingerprint density at radius 3 is 0.761 bits per heavy atom. The van der Waals surface area contributed by atoms with Gasteiger partial charge in [-0.15, -0.1) is 0 Å². The fraction of sp³-hybridized carbons (Fsp3) is 0.885. The van der Waals surface area contributed by atoms with Gasteiger partial charge in [0.05, 0.1) is 0 Å². The molecule has 0 fully saturated rings. The molecule has 0 saturated carbocycles. The molecule has 6 heteroatoms. The van der Waals surface area contributed by atoms with Crippen molar-refractivity contribution in [2.24, 2.45) is 0 Å². The van der Waals surface area contributed by atoms with Crippen molar-refractivity contribution in [3.8, 4) is 0 Å². The number of esters is 3. The second kappa shape index (κ2) is 56.5. The largest absolute Gasteiger partial charge is 0.462 e. The monoisotopic (exact) mass is 943 g/mol. The van der Waals surface area contributed by atoms with E-state index in [4.69, 9.17) is 14.2 Å². The number of carbonyl (C=O) groups is 3. The van der Waals surface area contributed by atoms with E-state index < -0.39 is 6.10 Å². The van der Waals surface area contributed by atoms with Crippen molar-refractivity contribution >= 4 is 17.9 Å². The Hall–Kier alpha value is -2.11. The molecule has 0 bridgehead atoms. The van der Waals surface area contributed by atoms with Gasteiger partial charge < -0.3 is 14.2 Å². The van der Waals surface area contributed by atoms with Crippen molar-refractivity contribution < 1.29 is 28.6 Å². The van der Waals surface area contributed by atoms with Gasteiger partial charge in [0, 0.05) is 19.3 Å². The summed E-state index contributed by atoms with van der Waals surface area (Å²) in [6.45, 7) is 6.66. The average Bonchev–Trinajstić information content (AvgIpc) is 3.33. The smallest absolute Gasteiger partial charge is 0.306 e. The van der Waals surface area contributed by atoms with Crippen LogP contribution in [-0.4, -0.2) is 37.2 Å². The van der Waals surface area contributed by atoms with Crippen LogP contribution in [0.15, 0.2) is 24.3 Å². The normalized spacial score (nSPS) is 12.1. The summed E-state index contributed by atoms with van der Waals surface area (Å²) in [6.07, 6.45) is 66.0. The van der Waals surface area contributed by atoms with Crippen LogP contribution in [0.2, 0.25) is 0 Å². The molecular formula is C61H114O6.